The van der Waals surface area contributed by atoms with E-state index in [0.29, 0.717) is 6.54 Å². The number of hydrogen-bond donors (Lipinski definition) is 1. The van der Waals surface area contributed by atoms with Crippen molar-refractivity contribution in [2.24, 2.45) is 0 Å². The fourth-order valence-corrected chi connectivity index (χ4v) is 2.86. The number of piperazine rings is 1. The Hall–Kier alpha value is -1.65. The molecule has 1 unspecified atom stereocenters. The predicted octanol–water partition coefficient (Wildman–Crippen LogP) is 1.80. The Kier molecular flexibility index (Phi) is 6.16. The lowest BCUT2D eigenvalue weighted by Gasteiger charge is -2.37. The fraction of sp³-hybridized carbons (Fsp3) is 0.500. The Balaban J connectivity index is 1.80. The zero-order valence-corrected chi connectivity index (χ0v) is 13.7. The maximum atomic E-state index is 12.0. The maximum absolute atomic E-state index is 12.0. The maximum Gasteiger partial charge on any atom is 0.237 e. The number of rotatable bonds is 6. The molecule has 0 aliphatic carbocycles. The zero-order valence-electron chi connectivity index (χ0n) is 13.7. The average molecular weight is 301 g/mol. The summed E-state index contributed by atoms with van der Waals surface area (Å²) in [5, 5.41) is 2.87. The average Bonchev–Trinajstić information content (AvgIpc) is 2.52. The number of aryl methyl sites for hydroxylation is 1. The second-order valence-corrected chi connectivity index (χ2v) is 6.01. The van der Waals surface area contributed by atoms with Gasteiger partial charge < -0.3 is 5.32 Å². The third kappa shape index (κ3) is 4.68. The Labute approximate surface area is 133 Å². The second kappa shape index (κ2) is 8.11. The van der Waals surface area contributed by atoms with Gasteiger partial charge in [0.2, 0.25) is 5.91 Å². The summed E-state index contributed by atoms with van der Waals surface area (Å²) in [4.78, 5) is 16.7. The van der Waals surface area contributed by atoms with Crippen LogP contribution in [0.15, 0.2) is 36.9 Å². The summed E-state index contributed by atoms with van der Waals surface area (Å²) in [5.74, 6) is 0.0898. The number of nitrogens with zero attached hydrogens (tertiary/aromatic N) is 2. The summed E-state index contributed by atoms with van der Waals surface area (Å²) in [6, 6.07) is 8.61. The molecule has 1 atom stereocenters. The molecule has 1 aliphatic heterocycles. The Morgan fingerprint density at radius 3 is 2.73 bits per heavy atom. The molecule has 4 heteroatoms. The lowest BCUT2D eigenvalue weighted by molar-refractivity contribution is -0.126. The normalized spacial score (nSPS) is 17.9. The molecule has 1 aliphatic rings. The molecule has 120 valence electrons. The van der Waals surface area contributed by atoms with Gasteiger partial charge in [-0.15, -0.1) is 6.58 Å². The van der Waals surface area contributed by atoms with E-state index in [-0.39, 0.29) is 11.9 Å². The lowest BCUT2D eigenvalue weighted by atomic mass is 10.1. The van der Waals surface area contributed by atoms with E-state index in [2.05, 4.69) is 52.9 Å². The molecule has 1 aromatic rings. The monoisotopic (exact) mass is 301 g/mol. The molecule has 22 heavy (non-hydrogen) atoms. The molecule has 0 saturated carbocycles. The zero-order chi connectivity index (χ0) is 15.9. The van der Waals surface area contributed by atoms with E-state index in [1.165, 1.54) is 11.1 Å². The van der Waals surface area contributed by atoms with Crippen molar-refractivity contribution in [1.82, 2.24) is 15.1 Å². The number of nitrogens with one attached hydrogen (secondary N) is 1. The number of benzene rings is 1. The first-order valence-electron chi connectivity index (χ1n) is 8.00. The number of amides is 1. The van der Waals surface area contributed by atoms with Crippen LogP contribution in [0.3, 0.4) is 0 Å². The molecule has 2 rings (SSSR count). The van der Waals surface area contributed by atoms with Crippen molar-refractivity contribution in [3.05, 3.63) is 48.0 Å². The first kappa shape index (κ1) is 16.7. The minimum absolute atomic E-state index is 0.0685. The third-order valence-electron chi connectivity index (χ3n) is 4.24. The Morgan fingerprint density at radius 2 is 2.09 bits per heavy atom. The van der Waals surface area contributed by atoms with Gasteiger partial charge in [0.1, 0.15) is 0 Å². The molecule has 0 bridgehead atoms. The van der Waals surface area contributed by atoms with Crippen LogP contribution in [0, 0.1) is 6.92 Å². The molecule has 1 fully saturated rings. The van der Waals surface area contributed by atoms with Gasteiger partial charge in [-0.05, 0) is 19.4 Å². The van der Waals surface area contributed by atoms with Crippen molar-refractivity contribution in [2.45, 2.75) is 26.4 Å². The minimum atomic E-state index is -0.0685. The SMILES string of the molecule is C=CCNC(=O)C(C)N1CCN(Cc2cccc(C)c2)CC1. The Bertz CT molecular complexity index is 507. The summed E-state index contributed by atoms with van der Waals surface area (Å²) in [6.45, 7) is 13.2. The third-order valence-corrected chi connectivity index (χ3v) is 4.24. The van der Waals surface area contributed by atoms with Gasteiger partial charge in [0.05, 0.1) is 6.04 Å². The minimum Gasteiger partial charge on any atom is -0.351 e. The highest BCUT2D eigenvalue weighted by Gasteiger charge is 2.25. The molecule has 0 radical (unpaired) electrons. The highest BCUT2D eigenvalue weighted by Crippen LogP contribution is 2.12. The van der Waals surface area contributed by atoms with Gasteiger partial charge in [-0.25, -0.2) is 0 Å². The van der Waals surface area contributed by atoms with Crippen molar-refractivity contribution in [3.63, 3.8) is 0 Å². The van der Waals surface area contributed by atoms with Crippen LogP contribution >= 0.6 is 0 Å². The molecule has 1 saturated heterocycles. The van der Waals surface area contributed by atoms with Crippen molar-refractivity contribution in [2.75, 3.05) is 32.7 Å². The predicted molar refractivity (Wildman–Crippen MR) is 90.7 cm³/mol. The topological polar surface area (TPSA) is 35.6 Å². The largest absolute Gasteiger partial charge is 0.351 e. The lowest BCUT2D eigenvalue weighted by Crippen LogP contribution is -2.53. The van der Waals surface area contributed by atoms with Gasteiger partial charge >= 0.3 is 0 Å². The highest BCUT2D eigenvalue weighted by molar-refractivity contribution is 5.81. The molecule has 1 heterocycles. The smallest absolute Gasteiger partial charge is 0.237 e. The van der Waals surface area contributed by atoms with E-state index < -0.39 is 0 Å². The first-order chi connectivity index (χ1) is 10.6. The van der Waals surface area contributed by atoms with Gasteiger partial charge in [0, 0.05) is 39.3 Å². The van der Waals surface area contributed by atoms with Gasteiger partial charge in [0.25, 0.3) is 0 Å². The van der Waals surface area contributed by atoms with E-state index in [0.717, 1.165) is 32.7 Å². The quantitative estimate of drug-likeness (QED) is 0.814. The number of carbonyl (C=O) groups excluding carboxylic acids is 1. The number of carbonyl (C=O) groups is 1. The fourth-order valence-electron chi connectivity index (χ4n) is 2.86. The van der Waals surface area contributed by atoms with Crippen LogP contribution in [0.25, 0.3) is 0 Å². The summed E-state index contributed by atoms with van der Waals surface area (Å²) in [7, 11) is 0. The van der Waals surface area contributed by atoms with Crippen molar-refractivity contribution in [1.29, 1.82) is 0 Å². The van der Waals surface area contributed by atoms with Crippen LogP contribution in [0.5, 0.6) is 0 Å². The summed E-state index contributed by atoms with van der Waals surface area (Å²) < 4.78 is 0. The van der Waals surface area contributed by atoms with Crippen LogP contribution in [-0.2, 0) is 11.3 Å². The van der Waals surface area contributed by atoms with Crippen LogP contribution < -0.4 is 5.32 Å². The summed E-state index contributed by atoms with van der Waals surface area (Å²) in [5.41, 5.74) is 2.67. The van der Waals surface area contributed by atoms with E-state index in [9.17, 15) is 4.79 Å². The van der Waals surface area contributed by atoms with E-state index in [1.807, 2.05) is 6.92 Å². The van der Waals surface area contributed by atoms with E-state index in [1.54, 1.807) is 6.08 Å². The van der Waals surface area contributed by atoms with E-state index >= 15 is 0 Å². The molecular weight excluding hydrogens is 274 g/mol. The van der Waals surface area contributed by atoms with Crippen molar-refractivity contribution < 1.29 is 4.79 Å². The van der Waals surface area contributed by atoms with Gasteiger partial charge in [0.15, 0.2) is 0 Å². The molecule has 1 amide bonds. The molecular formula is C18H27N3O. The summed E-state index contributed by atoms with van der Waals surface area (Å²) in [6.07, 6.45) is 1.71. The molecule has 1 N–H and O–H groups in total. The molecule has 0 spiro atoms. The van der Waals surface area contributed by atoms with Crippen LogP contribution in [0.4, 0.5) is 0 Å². The van der Waals surface area contributed by atoms with Gasteiger partial charge in [-0.2, -0.15) is 0 Å². The Morgan fingerprint density at radius 1 is 1.36 bits per heavy atom. The van der Waals surface area contributed by atoms with E-state index in [4.69, 9.17) is 0 Å². The number of hydrogen-bond acceptors (Lipinski definition) is 3. The van der Waals surface area contributed by atoms with Gasteiger partial charge in [-0.1, -0.05) is 35.9 Å². The summed E-state index contributed by atoms with van der Waals surface area (Å²) >= 11 is 0. The van der Waals surface area contributed by atoms with Crippen molar-refractivity contribution >= 4 is 5.91 Å². The van der Waals surface area contributed by atoms with Crippen LogP contribution in [-0.4, -0.2) is 54.5 Å². The first-order valence-corrected chi connectivity index (χ1v) is 8.00. The van der Waals surface area contributed by atoms with Gasteiger partial charge in [-0.3, -0.25) is 14.6 Å². The molecule has 0 aromatic heterocycles. The van der Waals surface area contributed by atoms with Crippen LogP contribution in [0.2, 0.25) is 0 Å². The van der Waals surface area contributed by atoms with Crippen molar-refractivity contribution in [3.8, 4) is 0 Å². The second-order valence-electron chi connectivity index (χ2n) is 6.01. The van der Waals surface area contributed by atoms with Crippen LogP contribution in [0.1, 0.15) is 18.1 Å². The highest BCUT2D eigenvalue weighted by atomic mass is 16.2. The molecule has 1 aromatic carbocycles. The molecule has 4 nitrogen and oxygen atoms in total. The standard InChI is InChI=1S/C18H27N3O/c1-4-8-19-18(22)16(3)21-11-9-20(10-12-21)14-17-7-5-6-15(2)13-17/h4-7,13,16H,1,8-12,14H2,2-3H3,(H,19,22).